The molecule has 0 aromatic heterocycles. The normalized spacial score (nSPS) is 18.9. The van der Waals surface area contributed by atoms with Crippen LogP contribution in [0.4, 0.5) is 8.78 Å². The molecule has 702 valence electrons. The number of Topliss-reactive ketones (excluding diaryl/α,β-unsaturated/α-hetero) is 5. The van der Waals surface area contributed by atoms with Gasteiger partial charge in [0, 0.05) is 85.2 Å². The number of benzene rings is 12. The molecule has 36 heteroatoms. The van der Waals surface area contributed by atoms with Crippen molar-refractivity contribution in [2.24, 2.45) is 0 Å². The number of carbonyl (C=O) groups excluding carboxylic acids is 5. The highest BCUT2D eigenvalue weighted by Gasteiger charge is 2.47. The summed E-state index contributed by atoms with van der Waals surface area (Å²) in [6.45, 7) is -0.950. The fraction of sp³-hybridized carbons (Fsp3) is 0.0857. The molecule has 6 aliphatic heterocycles. The lowest BCUT2D eigenvalue weighted by molar-refractivity contribution is -0.0499. The van der Waals surface area contributed by atoms with E-state index >= 15 is 0 Å². The first-order chi connectivity index (χ1) is 67.9. The summed E-state index contributed by atoms with van der Waals surface area (Å²) in [5, 5.41) is 80.5. The van der Waals surface area contributed by atoms with E-state index in [0.29, 0.717) is 114 Å². The Morgan fingerprint density at radius 3 is 1.12 bits per heavy atom. The number of aryl methyl sites for hydroxylation is 1. The fourth-order valence-electron chi connectivity index (χ4n) is 18.7. The third-order valence-electron chi connectivity index (χ3n) is 24.8. The number of nitrogens with one attached hydrogen (secondary N) is 12. The van der Waals surface area contributed by atoms with Gasteiger partial charge in [-0.2, -0.15) is 8.78 Å². The standard InChI is InChI=1S/C18H13BrN2O2S.C18H12F2N2O2S.C18H14N2O2S.C17H10BrClN2O2S.C17H11BrN2O3S.C17H12N2S2/c1-8-2-4-10-11(6-8)17(23)14-15(10)20-18(24)21-16(14)12-7-9(22)3-5-13(12)19;19-17(20)24-10-5-3-4-9(8-10)14-13-15(22-18(25)21-14)11-6-1-2-7-12(11)16(13)23;1-22-11-8-6-10(7-9-11)15-14-16(20-18(23)19-15)12-4-2-3-5-13(12)17(14)21;18-12-4-2-8(22)6-11(12)15-13-14(20-17(24)21-15)9-3-1-7(19)5-10(9)16(13)23;18-10-5-4-7(21)6-9(10)15-13-14(19-17(24)20-15)8-2-1-3-11(22)12(8)16(13)23;20-16-12-9-5-4-8-11(12)15-13(16)14(18-17(21)19-15)10-6-2-1-3-7-10/h2-7,16,22H,1H3,(H2,20,21,24);1-8,14,17H,(H2,21,22,25);2-9,15H,1H3,(H2,19,20,23);1-6,15,22H,(H2,20,21,24);1-6,15,21-22H,(H2,19,20,24);1-9,14H,(H2,18,19,21). The van der Waals surface area contributed by atoms with Gasteiger partial charge in [0.05, 0.1) is 116 Å². The molecule has 6 aliphatic carbocycles. The number of alkyl halides is 2. The zero-order valence-electron chi connectivity index (χ0n) is 73.1. The Bertz CT molecular complexity index is 7620. The number of aromatic hydroxyl groups is 4. The molecular weight excluding hydrogens is 2140 g/mol. The summed E-state index contributed by atoms with van der Waals surface area (Å²) in [5.41, 5.74) is 23.6. The van der Waals surface area contributed by atoms with Crippen LogP contribution in [0.3, 0.4) is 0 Å². The number of ketones is 5. The summed E-state index contributed by atoms with van der Waals surface area (Å²) in [6, 6.07) is 75.8. The first kappa shape index (κ1) is 95.9. The number of methoxy groups -OCH3 is 1. The van der Waals surface area contributed by atoms with Gasteiger partial charge < -0.3 is 93.7 Å². The molecule has 0 fully saturated rings. The molecule has 6 unspecified atom stereocenters. The molecule has 16 N–H and O–H groups in total. The molecule has 24 rings (SSSR count). The average Bonchev–Trinajstić information content (AvgIpc) is 1.57. The van der Waals surface area contributed by atoms with Crippen LogP contribution in [0, 0.1) is 6.92 Å². The van der Waals surface area contributed by atoms with Gasteiger partial charge in [-0.3, -0.25) is 24.0 Å². The van der Waals surface area contributed by atoms with E-state index in [2.05, 4.69) is 141 Å². The van der Waals surface area contributed by atoms with Gasteiger partial charge in [-0.05, 0) is 217 Å². The number of hydrogen-bond acceptors (Lipinski definition) is 18. The SMILES string of the molecule is COc1ccc(C2NC(=S)NC3=C2C(=O)c2ccccc23)cc1.Cc1ccc2c(c1)C(=O)C1=C2NC(=S)NC1c1cc(O)ccc1Br.O=C1C2=C(NC(=S)NC2c2cc(O)ccc2Br)c2ccc(Cl)cc21.O=C1C2=C(NC(=S)NC2c2cc(O)ccc2Br)c2cccc(O)c21.O=C1C2=C(NC(=S)NC2c2cccc(OC(F)F)c2)c2ccccc21.S=C1NC2=C(C(=S)c3ccccc32)C(c2ccccc2)N1. The zero-order valence-corrected chi connectivity index (χ0v) is 84.4. The van der Waals surface area contributed by atoms with Crippen molar-refractivity contribution in [3.05, 3.63) is 418 Å². The van der Waals surface area contributed by atoms with E-state index in [1.165, 1.54) is 23.8 Å². The fourth-order valence-corrected chi connectivity index (χ4v) is 22.0. The minimum absolute atomic E-state index is 0.00912. The molecule has 6 heterocycles. The smallest absolute Gasteiger partial charge is 0.387 e. The van der Waals surface area contributed by atoms with Gasteiger partial charge in [0.25, 0.3) is 0 Å². The predicted octanol–water partition coefficient (Wildman–Crippen LogP) is 20.1. The van der Waals surface area contributed by atoms with Crippen LogP contribution in [-0.2, 0) is 0 Å². The monoisotopic (exact) mass is 2210 g/mol. The van der Waals surface area contributed by atoms with Crippen molar-refractivity contribution in [3.63, 3.8) is 0 Å². The van der Waals surface area contributed by atoms with E-state index in [1.54, 1.807) is 110 Å². The molecule has 12 aromatic rings. The first-order valence-electron chi connectivity index (χ1n) is 43.3. The number of thiocarbonyl (C=S) groups is 7. The lowest BCUT2D eigenvalue weighted by atomic mass is 9.94. The number of halogens is 6. The predicted molar refractivity (Wildman–Crippen MR) is 575 cm³/mol. The lowest BCUT2D eigenvalue weighted by Gasteiger charge is -2.29. The van der Waals surface area contributed by atoms with E-state index in [1.807, 2.05) is 122 Å². The van der Waals surface area contributed by atoms with Crippen molar-refractivity contribution >= 4 is 244 Å². The number of hydrogen-bond donors (Lipinski definition) is 16. The molecule has 6 atom stereocenters. The Balaban J connectivity index is 0.000000108. The molecule has 0 spiro atoms. The van der Waals surface area contributed by atoms with Crippen LogP contribution >= 0.6 is 145 Å². The van der Waals surface area contributed by atoms with Crippen LogP contribution in [0.1, 0.15) is 166 Å². The number of fused-ring (bicyclic) bond motifs is 12. The topological polar surface area (TPSA) is 329 Å². The van der Waals surface area contributed by atoms with Crippen molar-refractivity contribution in [2.45, 2.75) is 49.8 Å². The second-order valence-electron chi connectivity index (χ2n) is 33.2. The molecule has 0 saturated carbocycles. The van der Waals surface area contributed by atoms with E-state index in [9.17, 15) is 53.2 Å². The molecule has 12 aromatic carbocycles. The Morgan fingerprint density at radius 2 is 0.660 bits per heavy atom. The number of carbonyl (C=O) groups is 5. The summed E-state index contributed by atoms with van der Waals surface area (Å²) >= 11 is 54.1. The van der Waals surface area contributed by atoms with Crippen molar-refractivity contribution in [3.8, 4) is 34.5 Å². The molecule has 12 aliphatic rings. The van der Waals surface area contributed by atoms with E-state index in [-0.39, 0.29) is 75.3 Å². The maximum Gasteiger partial charge on any atom is 0.387 e. The molecule has 0 radical (unpaired) electrons. The van der Waals surface area contributed by atoms with Gasteiger partial charge in [-0.1, -0.05) is 235 Å². The minimum Gasteiger partial charge on any atom is -0.508 e. The van der Waals surface area contributed by atoms with Crippen molar-refractivity contribution < 1.29 is 62.7 Å². The van der Waals surface area contributed by atoms with E-state index < -0.39 is 30.8 Å². The first-order valence-corrected chi connectivity index (χ1v) is 48.9. The third kappa shape index (κ3) is 18.5. The highest BCUT2D eigenvalue weighted by atomic mass is 79.9. The quantitative estimate of drug-likeness (QED) is 0.0597. The molecule has 141 heavy (non-hydrogen) atoms. The number of rotatable bonds is 9. The van der Waals surface area contributed by atoms with Gasteiger partial charge in [-0.25, -0.2) is 0 Å². The Hall–Kier alpha value is -14.0. The van der Waals surface area contributed by atoms with Crippen LogP contribution in [-0.4, -0.2) is 98.6 Å². The average molecular weight is 2220 g/mol. The van der Waals surface area contributed by atoms with Crippen LogP contribution in [0.2, 0.25) is 5.02 Å². The summed E-state index contributed by atoms with van der Waals surface area (Å²) in [7, 11) is 1.63. The lowest BCUT2D eigenvalue weighted by Crippen LogP contribution is -2.43. The Kier molecular flexibility index (Phi) is 27.0. The molecular formula is C105H72Br3ClF2N12O11S7. The van der Waals surface area contributed by atoms with Crippen LogP contribution < -0.4 is 73.3 Å². The molecule has 23 nitrogen and oxygen atoms in total. The van der Waals surface area contributed by atoms with Gasteiger partial charge in [-0.15, -0.1) is 0 Å². The number of phenolic OH excluding ortho intramolecular Hbond substituents is 4. The van der Waals surface area contributed by atoms with Gasteiger partial charge in [0.15, 0.2) is 59.6 Å². The van der Waals surface area contributed by atoms with E-state index in [0.717, 1.165) is 108 Å². The highest BCUT2D eigenvalue weighted by Crippen LogP contribution is 2.50. The van der Waals surface area contributed by atoms with Gasteiger partial charge in [0.2, 0.25) is 0 Å². The molecule has 0 bridgehead atoms. The molecule has 0 saturated heterocycles. The second-order valence-corrected chi connectivity index (χ2v) is 39.1. The number of phenols is 4. The van der Waals surface area contributed by atoms with Crippen LogP contribution in [0.5, 0.6) is 34.5 Å². The minimum atomic E-state index is -2.91. The highest BCUT2D eigenvalue weighted by molar-refractivity contribution is 9.11. The molecule has 0 amide bonds. The van der Waals surface area contributed by atoms with Crippen LogP contribution in [0.15, 0.2) is 308 Å². The van der Waals surface area contributed by atoms with Crippen molar-refractivity contribution in [2.75, 3.05) is 7.11 Å². The van der Waals surface area contributed by atoms with Crippen molar-refractivity contribution in [1.29, 1.82) is 0 Å². The van der Waals surface area contributed by atoms with Crippen LogP contribution in [0.25, 0.3) is 34.2 Å². The summed E-state index contributed by atoms with van der Waals surface area (Å²) < 4.78 is 36.9. The van der Waals surface area contributed by atoms with Gasteiger partial charge in [0.1, 0.15) is 34.5 Å². The summed E-state index contributed by atoms with van der Waals surface area (Å²) in [5.74, 6) is 0.632. The summed E-state index contributed by atoms with van der Waals surface area (Å²) in [6.07, 6.45) is 0. The third-order valence-corrected chi connectivity index (χ3v) is 29.0. The maximum atomic E-state index is 13.0. The van der Waals surface area contributed by atoms with Gasteiger partial charge >= 0.3 is 6.61 Å². The van der Waals surface area contributed by atoms with E-state index in [4.69, 9.17) is 102 Å². The Morgan fingerprint density at radius 1 is 0.319 bits per heavy atom. The number of ether oxygens (including phenoxy) is 2. The Labute approximate surface area is 871 Å². The summed E-state index contributed by atoms with van der Waals surface area (Å²) in [4.78, 5) is 65.5. The largest absolute Gasteiger partial charge is 0.508 e. The van der Waals surface area contributed by atoms with Crippen molar-refractivity contribution in [1.82, 2.24) is 63.8 Å². The maximum absolute atomic E-state index is 13.0. The second kappa shape index (κ2) is 39.6. The zero-order chi connectivity index (χ0) is 98.9.